The molecule has 2 aromatic rings. The van der Waals surface area contributed by atoms with Crippen molar-refractivity contribution in [2.75, 3.05) is 11.9 Å². The van der Waals surface area contributed by atoms with Crippen LogP contribution in [0.1, 0.15) is 29.8 Å². The number of rotatable bonds is 5. The Hall–Kier alpha value is -1.56. The Kier molecular flexibility index (Phi) is 5.61. The summed E-state index contributed by atoms with van der Waals surface area (Å²) in [7, 11) is 0. The van der Waals surface area contributed by atoms with Gasteiger partial charge in [-0.1, -0.05) is 6.92 Å². The first kappa shape index (κ1) is 15.8. The van der Waals surface area contributed by atoms with E-state index in [1.54, 1.807) is 12.1 Å². The summed E-state index contributed by atoms with van der Waals surface area (Å²) in [5.41, 5.74) is 2.64. The van der Waals surface area contributed by atoms with Crippen LogP contribution in [0.4, 0.5) is 5.69 Å². The first-order valence-corrected chi connectivity index (χ1v) is 8.04. The summed E-state index contributed by atoms with van der Waals surface area (Å²) < 4.78 is 6.55. The van der Waals surface area contributed by atoms with Gasteiger partial charge in [-0.25, -0.2) is 0 Å². The van der Waals surface area contributed by atoms with Crippen molar-refractivity contribution < 1.29 is 9.53 Å². The largest absolute Gasteiger partial charge is 0.494 e. The Morgan fingerprint density at radius 3 is 2.48 bits per heavy atom. The summed E-state index contributed by atoms with van der Waals surface area (Å²) in [5, 5.41) is 2.97. The van der Waals surface area contributed by atoms with Crippen LogP contribution in [-0.4, -0.2) is 12.5 Å². The minimum atomic E-state index is -0.103. The molecule has 110 valence electrons. The van der Waals surface area contributed by atoms with Crippen molar-refractivity contribution in [3.8, 4) is 5.75 Å². The number of carbonyl (C=O) groups is 1. The van der Waals surface area contributed by atoms with Gasteiger partial charge in [-0.05, 0) is 84.0 Å². The zero-order chi connectivity index (χ0) is 15.2. The van der Waals surface area contributed by atoms with Gasteiger partial charge in [-0.15, -0.1) is 0 Å². The second-order valence-electron chi connectivity index (χ2n) is 4.57. The lowest BCUT2D eigenvalue weighted by molar-refractivity contribution is 0.102. The number of benzene rings is 2. The molecule has 4 heteroatoms. The lowest BCUT2D eigenvalue weighted by Gasteiger charge is -2.11. The predicted molar refractivity (Wildman–Crippen MR) is 94.1 cm³/mol. The van der Waals surface area contributed by atoms with Crippen molar-refractivity contribution in [1.82, 2.24) is 0 Å². The van der Waals surface area contributed by atoms with Crippen LogP contribution >= 0.6 is 22.6 Å². The van der Waals surface area contributed by atoms with E-state index in [-0.39, 0.29) is 5.91 Å². The standard InChI is InChI=1S/C17H18INO2/c1-3-12-11-14(18)7-10-16(12)19-17(20)13-5-8-15(9-6-13)21-4-2/h5-11H,3-4H2,1-2H3,(H,19,20). The highest BCUT2D eigenvalue weighted by Gasteiger charge is 2.09. The molecule has 0 spiro atoms. The summed E-state index contributed by atoms with van der Waals surface area (Å²) in [5.74, 6) is 0.673. The molecule has 0 bridgehead atoms. The van der Waals surface area contributed by atoms with Crippen molar-refractivity contribution in [2.24, 2.45) is 0 Å². The van der Waals surface area contributed by atoms with Crippen LogP contribution in [0.5, 0.6) is 5.75 Å². The molecular formula is C17H18INO2. The number of aryl methyl sites for hydroxylation is 1. The number of anilines is 1. The lowest BCUT2D eigenvalue weighted by Crippen LogP contribution is -2.13. The maximum atomic E-state index is 12.3. The molecule has 0 unspecified atom stereocenters. The Labute approximate surface area is 138 Å². The Balaban J connectivity index is 2.14. The van der Waals surface area contributed by atoms with Gasteiger partial charge >= 0.3 is 0 Å². The van der Waals surface area contributed by atoms with Crippen molar-refractivity contribution >= 4 is 34.2 Å². The van der Waals surface area contributed by atoms with Gasteiger partial charge in [0.2, 0.25) is 0 Å². The maximum Gasteiger partial charge on any atom is 0.255 e. The number of nitrogens with one attached hydrogen (secondary N) is 1. The molecule has 21 heavy (non-hydrogen) atoms. The first-order chi connectivity index (χ1) is 10.1. The number of halogens is 1. The highest BCUT2D eigenvalue weighted by molar-refractivity contribution is 14.1. The highest BCUT2D eigenvalue weighted by atomic mass is 127. The normalized spacial score (nSPS) is 10.2. The molecule has 2 rings (SSSR count). The fourth-order valence-electron chi connectivity index (χ4n) is 2.04. The summed E-state index contributed by atoms with van der Waals surface area (Å²) in [4.78, 5) is 12.3. The van der Waals surface area contributed by atoms with E-state index in [4.69, 9.17) is 4.74 Å². The third-order valence-electron chi connectivity index (χ3n) is 3.12. The van der Waals surface area contributed by atoms with E-state index in [1.807, 2.05) is 31.2 Å². The van der Waals surface area contributed by atoms with Gasteiger partial charge in [0.25, 0.3) is 5.91 Å². The van der Waals surface area contributed by atoms with Crippen LogP contribution in [0.25, 0.3) is 0 Å². The molecule has 2 aromatic carbocycles. The summed E-state index contributed by atoms with van der Waals surface area (Å²) in [6.07, 6.45) is 0.885. The van der Waals surface area contributed by atoms with Crippen LogP contribution in [0.2, 0.25) is 0 Å². The van der Waals surface area contributed by atoms with Crippen molar-refractivity contribution in [2.45, 2.75) is 20.3 Å². The van der Waals surface area contributed by atoms with Crippen LogP contribution in [0, 0.1) is 3.57 Å². The van der Waals surface area contributed by atoms with E-state index in [0.717, 1.165) is 23.4 Å². The summed E-state index contributed by atoms with van der Waals surface area (Å²) >= 11 is 2.28. The zero-order valence-electron chi connectivity index (χ0n) is 12.2. The van der Waals surface area contributed by atoms with Gasteiger partial charge < -0.3 is 10.1 Å². The first-order valence-electron chi connectivity index (χ1n) is 6.96. The molecular weight excluding hydrogens is 377 g/mol. The number of carbonyl (C=O) groups excluding carboxylic acids is 1. The fraction of sp³-hybridized carbons (Fsp3) is 0.235. The van der Waals surface area contributed by atoms with Crippen molar-refractivity contribution in [3.05, 3.63) is 57.2 Å². The number of amides is 1. The molecule has 3 nitrogen and oxygen atoms in total. The Morgan fingerprint density at radius 2 is 1.86 bits per heavy atom. The van der Waals surface area contributed by atoms with Crippen molar-refractivity contribution in [1.29, 1.82) is 0 Å². The van der Waals surface area contributed by atoms with Gasteiger partial charge in [0.15, 0.2) is 0 Å². The quantitative estimate of drug-likeness (QED) is 0.757. The number of hydrogen-bond acceptors (Lipinski definition) is 2. The monoisotopic (exact) mass is 395 g/mol. The van der Waals surface area contributed by atoms with Crippen LogP contribution in [0.15, 0.2) is 42.5 Å². The number of ether oxygens (including phenoxy) is 1. The third-order valence-corrected chi connectivity index (χ3v) is 3.79. The predicted octanol–water partition coefficient (Wildman–Crippen LogP) is 4.50. The van der Waals surface area contributed by atoms with Gasteiger partial charge in [0, 0.05) is 14.8 Å². The Bertz CT molecular complexity index is 623. The van der Waals surface area contributed by atoms with E-state index < -0.39 is 0 Å². The molecule has 0 saturated carbocycles. The van der Waals surface area contributed by atoms with Gasteiger partial charge in [0.05, 0.1) is 6.61 Å². The molecule has 0 aromatic heterocycles. The van der Waals surface area contributed by atoms with E-state index in [1.165, 1.54) is 3.57 Å². The smallest absolute Gasteiger partial charge is 0.255 e. The van der Waals surface area contributed by atoms with Crippen LogP contribution in [-0.2, 0) is 6.42 Å². The second-order valence-corrected chi connectivity index (χ2v) is 5.81. The van der Waals surface area contributed by atoms with E-state index in [2.05, 4.69) is 40.9 Å². The SMILES string of the molecule is CCOc1ccc(C(=O)Nc2ccc(I)cc2CC)cc1. The lowest BCUT2D eigenvalue weighted by atomic mass is 10.1. The molecule has 0 saturated heterocycles. The van der Waals surface area contributed by atoms with E-state index in [0.29, 0.717) is 12.2 Å². The molecule has 0 aliphatic rings. The van der Waals surface area contributed by atoms with Crippen molar-refractivity contribution in [3.63, 3.8) is 0 Å². The minimum absolute atomic E-state index is 0.103. The molecule has 0 radical (unpaired) electrons. The van der Waals surface area contributed by atoms with Gasteiger partial charge in [-0.3, -0.25) is 4.79 Å². The molecule has 1 amide bonds. The molecule has 0 fully saturated rings. The van der Waals surface area contributed by atoms with Gasteiger partial charge in [-0.2, -0.15) is 0 Å². The maximum absolute atomic E-state index is 12.3. The Morgan fingerprint density at radius 1 is 1.14 bits per heavy atom. The molecule has 0 heterocycles. The molecule has 0 aliphatic heterocycles. The number of hydrogen-bond donors (Lipinski definition) is 1. The second kappa shape index (κ2) is 7.45. The topological polar surface area (TPSA) is 38.3 Å². The van der Waals surface area contributed by atoms with E-state index >= 15 is 0 Å². The fourth-order valence-corrected chi connectivity index (χ4v) is 2.60. The highest BCUT2D eigenvalue weighted by Crippen LogP contribution is 2.21. The van der Waals surface area contributed by atoms with Crippen LogP contribution in [0.3, 0.4) is 0 Å². The summed E-state index contributed by atoms with van der Waals surface area (Å²) in [6.45, 7) is 4.63. The zero-order valence-corrected chi connectivity index (χ0v) is 14.3. The minimum Gasteiger partial charge on any atom is -0.494 e. The van der Waals surface area contributed by atoms with Gasteiger partial charge in [0.1, 0.15) is 5.75 Å². The molecule has 1 N–H and O–H groups in total. The third kappa shape index (κ3) is 4.20. The average Bonchev–Trinajstić information content (AvgIpc) is 2.50. The average molecular weight is 395 g/mol. The van der Waals surface area contributed by atoms with E-state index in [9.17, 15) is 4.79 Å². The molecule has 0 atom stereocenters. The summed E-state index contributed by atoms with van der Waals surface area (Å²) in [6, 6.07) is 13.2. The van der Waals surface area contributed by atoms with Crippen LogP contribution < -0.4 is 10.1 Å². The molecule has 0 aliphatic carbocycles.